The van der Waals surface area contributed by atoms with Crippen molar-refractivity contribution in [3.8, 4) is 34.0 Å². The number of aryl methyl sites for hydroxylation is 1. The minimum atomic E-state index is -0.606. The van der Waals surface area contributed by atoms with Crippen LogP contribution in [0.5, 0.6) is 5.75 Å². The maximum Gasteiger partial charge on any atom is 0.274 e. The van der Waals surface area contributed by atoms with Crippen LogP contribution in [0.15, 0.2) is 102 Å². The second-order valence-corrected chi connectivity index (χ2v) is 11.1. The Kier molecular flexibility index (Phi) is 7.87. The van der Waals surface area contributed by atoms with Crippen LogP contribution in [-0.2, 0) is 7.05 Å². The number of nitrogens with two attached hydrogens (primary N) is 1. The molecule has 45 heavy (non-hydrogen) atoms. The second-order valence-electron chi connectivity index (χ2n) is 11.1. The Morgan fingerprint density at radius 3 is 2.38 bits per heavy atom. The molecule has 6 rings (SSSR count). The van der Waals surface area contributed by atoms with E-state index >= 15 is 0 Å². The van der Waals surface area contributed by atoms with E-state index in [-0.39, 0.29) is 23.2 Å². The third-order valence-electron chi connectivity index (χ3n) is 7.41. The van der Waals surface area contributed by atoms with Gasteiger partial charge in [-0.15, -0.1) is 0 Å². The van der Waals surface area contributed by atoms with E-state index in [1.54, 1.807) is 9.25 Å². The highest BCUT2D eigenvalue weighted by molar-refractivity contribution is 5.98. The van der Waals surface area contributed by atoms with Crippen LogP contribution in [0.4, 0.5) is 5.82 Å². The molecule has 10 nitrogen and oxygen atoms in total. The Morgan fingerprint density at radius 1 is 0.933 bits per heavy atom. The number of benzene rings is 3. The van der Waals surface area contributed by atoms with Crippen molar-refractivity contribution in [2.45, 2.75) is 32.9 Å². The molecular formula is C35H33N7O3. The SMILES string of the molecule is CC(C)Oc1ccc(-c2cnc(N)c(C(=O)NC(C)c3cc4cccc(-c5ccn(C)n5)c4c(=O)n3-c3ccccc3)n2)cc1. The average Bonchev–Trinajstić information content (AvgIpc) is 3.47. The number of hydrogen-bond acceptors (Lipinski definition) is 7. The maximum atomic E-state index is 14.3. The largest absolute Gasteiger partial charge is 0.491 e. The number of pyridine rings is 1. The van der Waals surface area contributed by atoms with Crippen LogP contribution in [0.25, 0.3) is 39.0 Å². The zero-order valence-corrected chi connectivity index (χ0v) is 25.4. The van der Waals surface area contributed by atoms with Gasteiger partial charge in [0, 0.05) is 35.8 Å². The molecule has 0 bridgehead atoms. The number of anilines is 1. The summed E-state index contributed by atoms with van der Waals surface area (Å²) in [6.45, 7) is 5.74. The fraction of sp³-hybridized carbons (Fsp3) is 0.171. The van der Waals surface area contributed by atoms with Crippen LogP contribution in [0.3, 0.4) is 0 Å². The Balaban J connectivity index is 1.38. The quantitative estimate of drug-likeness (QED) is 0.229. The van der Waals surface area contributed by atoms with Gasteiger partial charge in [-0.3, -0.25) is 18.8 Å². The molecule has 1 unspecified atom stereocenters. The monoisotopic (exact) mass is 599 g/mol. The van der Waals surface area contributed by atoms with Gasteiger partial charge >= 0.3 is 0 Å². The predicted molar refractivity (Wildman–Crippen MR) is 175 cm³/mol. The van der Waals surface area contributed by atoms with Gasteiger partial charge in [-0.2, -0.15) is 5.10 Å². The van der Waals surface area contributed by atoms with Crippen LogP contribution < -0.4 is 21.3 Å². The molecule has 3 heterocycles. The Bertz CT molecular complexity index is 2070. The molecule has 0 radical (unpaired) electrons. The number of aromatic nitrogens is 5. The van der Waals surface area contributed by atoms with E-state index in [9.17, 15) is 9.59 Å². The number of carbonyl (C=O) groups is 1. The summed E-state index contributed by atoms with van der Waals surface area (Å²) in [7, 11) is 1.84. The van der Waals surface area contributed by atoms with Gasteiger partial charge in [0.15, 0.2) is 11.5 Å². The van der Waals surface area contributed by atoms with E-state index in [0.29, 0.717) is 28.2 Å². The number of ether oxygens (including phenoxy) is 1. The van der Waals surface area contributed by atoms with Crippen molar-refractivity contribution in [2.75, 3.05) is 5.73 Å². The summed E-state index contributed by atoms with van der Waals surface area (Å²) in [5.74, 6) is 0.224. The first-order valence-electron chi connectivity index (χ1n) is 14.6. The summed E-state index contributed by atoms with van der Waals surface area (Å²) in [4.78, 5) is 36.8. The third-order valence-corrected chi connectivity index (χ3v) is 7.41. The van der Waals surface area contributed by atoms with Gasteiger partial charge in [0.2, 0.25) is 0 Å². The van der Waals surface area contributed by atoms with Crippen molar-refractivity contribution < 1.29 is 9.53 Å². The zero-order chi connectivity index (χ0) is 31.7. The lowest BCUT2D eigenvalue weighted by Crippen LogP contribution is -2.33. The van der Waals surface area contributed by atoms with Gasteiger partial charge in [0.1, 0.15) is 5.75 Å². The highest BCUT2D eigenvalue weighted by Gasteiger charge is 2.23. The molecule has 0 spiro atoms. The fourth-order valence-corrected chi connectivity index (χ4v) is 5.34. The topological polar surface area (TPSA) is 130 Å². The molecule has 0 aliphatic carbocycles. The molecule has 1 atom stereocenters. The molecule has 0 aliphatic heterocycles. The smallest absolute Gasteiger partial charge is 0.274 e. The number of nitrogen functional groups attached to an aromatic ring is 1. The van der Waals surface area contributed by atoms with Crippen LogP contribution in [-0.4, -0.2) is 36.3 Å². The maximum absolute atomic E-state index is 14.3. The minimum absolute atomic E-state index is 0.00201. The predicted octanol–water partition coefficient (Wildman–Crippen LogP) is 5.71. The van der Waals surface area contributed by atoms with E-state index in [2.05, 4.69) is 20.4 Å². The Labute approximate surface area is 260 Å². The van der Waals surface area contributed by atoms with E-state index < -0.39 is 11.9 Å². The Morgan fingerprint density at radius 2 is 1.69 bits per heavy atom. The number of hydrogen-bond donors (Lipinski definition) is 2. The molecule has 0 fully saturated rings. The van der Waals surface area contributed by atoms with Gasteiger partial charge in [-0.1, -0.05) is 36.4 Å². The molecule has 0 aliphatic rings. The number of nitrogens with zero attached hydrogens (tertiary/aromatic N) is 5. The van der Waals surface area contributed by atoms with Crippen molar-refractivity contribution in [3.05, 3.63) is 119 Å². The summed E-state index contributed by atoms with van der Waals surface area (Å²) in [6.07, 6.45) is 3.42. The molecular weight excluding hydrogens is 566 g/mol. The van der Waals surface area contributed by atoms with E-state index in [4.69, 9.17) is 10.5 Å². The lowest BCUT2D eigenvalue weighted by atomic mass is 10.0. The molecule has 226 valence electrons. The number of carbonyl (C=O) groups excluding carboxylic acids is 1. The molecule has 3 aromatic heterocycles. The molecule has 6 aromatic rings. The van der Waals surface area contributed by atoms with Gasteiger partial charge in [0.05, 0.1) is 35.1 Å². The normalized spacial score (nSPS) is 11.9. The minimum Gasteiger partial charge on any atom is -0.491 e. The lowest BCUT2D eigenvalue weighted by molar-refractivity contribution is 0.0934. The summed E-state index contributed by atoms with van der Waals surface area (Å²) >= 11 is 0. The molecule has 3 aromatic carbocycles. The molecule has 3 N–H and O–H groups in total. The highest BCUT2D eigenvalue weighted by Crippen LogP contribution is 2.29. The van der Waals surface area contributed by atoms with Gasteiger partial charge in [-0.25, -0.2) is 9.97 Å². The van der Waals surface area contributed by atoms with E-state index in [1.165, 1.54) is 6.20 Å². The number of rotatable bonds is 8. The Hall–Kier alpha value is -5.77. The summed E-state index contributed by atoms with van der Waals surface area (Å²) in [5, 5.41) is 8.81. The number of nitrogens with one attached hydrogen (secondary N) is 1. The first-order valence-corrected chi connectivity index (χ1v) is 14.6. The van der Waals surface area contributed by atoms with Gasteiger partial charge < -0.3 is 15.8 Å². The van der Waals surface area contributed by atoms with E-state index in [1.807, 2.05) is 119 Å². The van der Waals surface area contributed by atoms with Crippen LogP contribution in [0.1, 0.15) is 43.0 Å². The zero-order valence-electron chi connectivity index (χ0n) is 25.4. The molecule has 0 saturated carbocycles. The second kappa shape index (κ2) is 12.1. The van der Waals surface area contributed by atoms with Crippen LogP contribution in [0, 0.1) is 0 Å². The van der Waals surface area contributed by atoms with Gasteiger partial charge in [-0.05, 0) is 74.7 Å². The highest BCUT2D eigenvalue weighted by atomic mass is 16.5. The fourth-order valence-electron chi connectivity index (χ4n) is 5.34. The van der Waals surface area contributed by atoms with E-state index in [0.717, 1.165) is 22.3 Å². The molecule has 0 saturated heterocycles. The summed E-state index contributed by atoms with van der Waals surface area (Å²) < 4.78 is 9.07. The van der Waals surface area contributed by atoms with Gasteiger partial charge in [0.25, 0.3) is 11.5 Å². The average molecular weight is 600 g/mol. The van der Waals surface area contributed by atoms with Crippen LogP contribution in [0.2, 0.25) is 0 Å². The van der Waals surface area contributed by atoms with Crippen LogP contribution >= 0.6 is 0 Å². The standard InChI is InChI=1S/C35H33N7O3/c1-21(2)45-26-15-13-23(14-16-26)29-20-37-33(36)32(39-29)34(43)38-22(3)30-19-24-9-8-12-27(28-17-18-41(4)40-28)31(24)35(44)42(30)25-10-6-5-7-11-25/h5-22H,1-4H3,(H2,36,37)(H,38,43). The van der Waals surface area contributed by atoms with Crippen molar-refractivity contribution in [2.24, 2.45) is 7.05 Å². The molecule has 10 heteroatoms. The first kappa shape index (κ1) is 29.3. The van der Waals surface area contributed by atoms with Crippen molar-refractivity contribution in [1.82, 2.24) is 29.6 Å². The van der Waals surface area contributed by atoms with Crippen molar-refractivity contribution in [3.63, 3.8) is 0 Å². The number of amides is 1. The summed E-state index contributed by atoms with van der Waals surface area (Å²) in [5.41, 5.74) is 9.86. The molecule has 1 amide bonds. The van der Waals surface area contributed by atoms with Crippen molar-refractivity contribution in [1.29, 1.82) is 0 Å². The first-order chi connectivity index (χ1) is 21.7. The number of fused-ring (bicyclic) bond motifs is 1. The lowest BCUT2D eigenvalue weighted by Gasteiger charge is -2.21. The third kappa shape index (κ3) is 5.90. The number of para-hydroxylation sites is 1. The summed E-state index contributed by atoms with van der Waals surface area (Å²) in [6, 6.07) is 25.6. The van der Waals surface area contributed by atoms with Crippen molar-refractivity contribution >= 4 is 22.5 Å².